The fourth-order valence-electron chi connectivity index (χ4n) is 2.18. The van der Waals surface area contributed by atoms with Gasteiger partial charge in [0.25, 0.3) is 5.78 Å². The number of aryl methyl sites for hydroxylation is 2. The van der Waals surface area contributed by atoms with E-state index in [9.17, 15) is 9.59 Å². The lowest BCUT2D eigenvalue weighted by molar-refractivity contribution is -0.129. The van der Waals surface area contributed by atoms with Crippen molar-refractivity contribution in [2.75, 3.05) is 6.61 Å². The number of benzene rings is 1. The van der Waals surface area contributed by atoms with Crippen molar-refractivity contribution in [3.8, 4) is 11.5 Å². The fraction of sp³-hybridized carbons (Fsp3) is 0.353. The fourth-order valence-corrected chi connectivity index (χ4v) is 2.18. The van der Waals surface area contributed by atoms with Gasteiger partial charge in [0.1, 0.15) is 11.5 Å². The Morgan fingerprint density at radius 2 is 1.74 bits per heavy atom. The second kappa shape index (κ2) is 7.09. The van der Waals surface area contributed by atoms with Gasteiger partial charge in [-0.1, -0.05) is 6.92 Å². The van der Waals surface area contributed by atoms with Gasteiger partial charge in [0, 0.05) is 12.7 Å². The monoisotopic (exact) mass is 316 g/mol. The largest absolute Gasteiger partial charge is 0.494 e. The third kappa shape index (κ3) is 3.77. The van der Waals surface area contributed by atoms with E-state index in [1.807, 2.05) is 6.92 Å². The Morgan fingerprint density at radius 3 is 2.26 bits per heavy atom. The number of hydrogen-bond donors (Lipinski definition) is 0. The molecular formula is C17H20N2O4. The van der Waals surface area contributed by atoms with Crippen LogP contribution in [0, 0.1) is 13.8 Å². The molecule has 2 rings (SSSR count). The van der Waals surface area contributed by atoms with Crippen LogP contribution in [0.2, 0.25) is 0 Å². The van der Waals surface area contributed by atoms with Crippen molar-refractivity contribution in [2.24, 2.45) is 7.05 Å². The first kappa shape index (κ1) is 16.7. The molecule has 2 aromatic rings. The van der Waals surface area contributed by atoms with Crippen molar-refractivity contribution in [3.05, 3.63) is 41.2 Å². The third-order valence-electron chi connectivity index (χ3n) is 3.43. The van der Waals surface area contributed by atoms with Gasteiger partial charge < -0.3 is 9.47 Å². The lowest BCUT2D eigenvalue weighted by Crippen LogP contribution is -2.21. The van der Waals surface area contributed by atoms with Crippen LogP contribution in [-0.4, -0.2) is 28.1 Å². The van der Waals surface area contributed by atoms with E-state index in [4.69, 9.17) is 9.47 Å². The molecule has 6 nitrogen and oxygen atoms in total. The van der Waals surface area contributed by atoms with Gasteiger partial charge in [-0.2, -0.15) is 5.10 Å². The Hall–Kier alpha value is -2.63. The number of carbonyl (C=O) groups excluding carboxylic acids is 2. The van der Waals surface area contributed by atoms with Crippen molar-refractivity contribution < 1.29 is 19.1 Å². The minimum atomic E-state index is -0.925. The van der Waals surface area contributed by atoms with Gasteiger partial charge in [-0.3, -0.25) is 9.48 Å². The zero-order valence-corrected chi connectivity index (χ0v) is 13.8. The topological polar surface area (TPSA) is 70.4 Å². The van der Waals surface area contributed by atoms with Crippen LogP contribution in [0.3, 0.4) is 0 Å². The number of carbonyl (C=O) groups is 2. The number of rotatable bonds is 6. The predicted octanol–water partition coefficient (Wildman–Crippen LogP) is 2.61. The highest BCUT2D eigenvalue weighted by Gasteiger charge is 2.25. The maximum atomic E-state index is 12.3. The Kier molecular flexibility index (Phi) is 5.16. The standard InChI is InChI=1S/C17H20N2O4/c1-5-10-22-13-6-8-14(9-7-13)23-17(21)16(20)15-11(2)18-19(4)12(15)3/h6-9H,5,10H2,1-4H3. The zero-order chi connectivity index (χ0) is 17.0. The summed E-state index contributed by atoms with van der Waals surface area (Å²) in [6, 6.07) is 6.59. The number of nitrogens with zero attached hydrogens (tertiary/aromatic N) is 2. The number of ketones is 1. The summed E-state index contributed by atoms with van der Waals surface area (Å²) < 4.78 is 12.1. The number of hydrogen-bond acceptors (Lipinski definition) is 5. The number of Topliss-reactive ketones (excluding diaryl/α,β-unsaturated/α-hetero) is 1. The number of ether oxygens (including phenoxy) is 2. The summed E-state index contributed by atoms with van der Waals surface area (Å²) in [6.07, 6.45) is 0.912. The molecule has 0 N–H and O–H groups in total. The molecule has 0 bridgehead atoms. The molecule has 1 aromatic heterocycles. The smallest absolute Gasteiger partial charge is 0.385 e. The first-order valence-corrected chi connectivity index (χ1v) is 7.43. The van der Waals surface area contributed by atoms with Gasteiger partial charge >= 0.3 is 5.97 Å². The third-order valence-corrected chi connectivity index (χ3v) is 3.43. The molecule has 6 heteroatoms. The molecule has 0 atom stereocenters. The first-order chi connectivity index (χ1) is 10.9. The molecule has 0 amide bonds. The molecule has 0 fully saturated rings. The first-order valence-electron chi connectivity index (χ1n) is 7.43. The average molecular weight is 316 g/mol. The highest BCUT2D eigenvalue weighted by Crippen LogP contribution is 2.19. The maximum absolute atomic E-state index is 12.3. The van der Waals surface area contributed by atoms with E-state index < -0.39 is 11.8 Å². The Labute approximate surface area is 135 Å². The van der Waals surface area contributed by atoms with E-state index >= 15 is 0 Å². The van der Waals surface area contributed by atoms with Crippen LogP contribution in [0.5, 0.6) is 11.5 Å². The summed E-state index contributed by atoms with van der Waals surface area (Å²) in [5.74, 6) is -0.630. The van der Waals surface area contributed by atoms with Crippen LogP contribution >= 0.6 is 0 Å². The second-order valence-electron chi connectivity index (χ2n) is 5.21. The average Bonchev–Trinajstić information content (AvgIpc) is 2.78. The minimum Gasteiger partial charge on any atom is -0.494 e. The Balaban J connectivity index is 2.08. The molecule has 1 heterocycles. The summed E-state index contributed by atoms with van der Waals surface area (Å²) >= 11 is 0. The SMILES string of the molecule is CCCOc1ccc(OC(=O)C(=O)c2c(C)nn(C)c2C)cc1. The predicted molar refractivity (Wildman–Crippen MR) is 84.9 cm³/mol. The van der Waals surface area contributed by atoms with Crippen LogP contribution in [0.25, 0.3) is 0 Å². The van der Waals surface area contributed by atoms with Gasteiger partial charge in [0.15, 0.2) is 0 Å². The molecule has 0 saturated carbocycles. The van der Waals surface area contributed by atoms with Crippen molar-refractivity contribution in [1.29, 1.82) is 0 Å². The second-order valence-corrected chi connectivity index (χ2v) is 5.21. The van der Waals surface area contributed by atoms with Crippen molar-refractivity contribution in [1.82, 2.24) is 9.78 Å². The van der Waals surface area contributed by atoms with Gasteiger partial charge in [-0.15, -0.1) is 0 Å². The van der Waals surface area contributed by atoms with Gasteiger partial charge in [0.05, 0.1) is 17.9 Å². The van der Waals surface area contributed by atoms with Gasteiger partial charge in [0.2, 0.25) is 0 Å². The van der Waals surface area contributed by atoms with Crippen LogP contribution < -0.4 is 9.47 Å². The summed E-state index contributed by atoms with van der Waals surface area (Å²) in [5.41, 5.74) is 1.43. The molecule has 0 aliphatic carbocycles. The van der Waals surface area contributed by atoms with E-state index in [0.29, 0.717) is 35.1 Å². The van der Waals surface area contributed by atoms with Gasteiger partial charge in [-0.05, 0) is 44.5 Å². The van der Waals surface area contributed by atoms with E-state index in [0.717, 1.165) is 6.42 Å². The summed E-state index contributed by atoms with van der Waals surface area (Å²) in [5, 5.41) is 4.13. The molecule has 0 unspecified atom stereocenters. The number of aromatic nitrogens is 2. The lowest BCUT2D eigenvalue weighted by atomic mass is 10.1. The molecule has 0 saturated heterocycles. The summed E-state index contributed by atoms with van der Waals surface area (Å²) in [7, 11) is 1.72. The number of esters is 1. The van der Waals surface area contributed by atoms with E-state index in [1.54, 1.807) is 49.8 Å². The van der Waals surface area contributed by atoms with Crippen LogP contribution in [0.4, 0.5) is 0 Å². The molecule has 0 radical (unpaired) electrons. The van der Waals surface area contributed by atoms with Gasteiger partial charge in [-0.25, -0.2) is 4.79 Å². The Bertz CT molecular complexity index is 717. The van der Waals surface area contributed by atoms with Crippen LogP contribution in [-0.2, 0) is 11.8 Å². The molecule has 0 spiro atoms. The zero-order valence-electron chi connectivity index (χ0n) is 13.8. The maximum Gasteiger partial charge on any atom is 0.385 e. The molecule has 23 heavy (non-hydrogen) atoms. The molecule has 0 aliphatic heterocycles. The van der Waals surface area contributed by atoms with Crippen molar-refractivity contribution in [3.63, 3.8) is 0 Å². The quantitative estimate of drug-likeness (QED) is 0.354. The summed E-state index contributed by atoms with van der Waals surface area (Å²) in [4.78, 5) is 24.3. The van der Waals surface area contributed by atoms with Crippen molar-refractivity contribution >= 4 is 11.8 Å². The molecule has 122 valence electrons. The highest BCUT2D eigenvalue weighted by molar-refractivity contribution is 6.41. The summed E-state index contributed by atoms with van der Waals surface area (Å²) in [6.45, 7) is 6.06. The molecular weight excluding hydrogens is 296 g/mol. The molecule has 0 aliphatic rings. The molecule has 1 aromatic carbocycles. The van der Waals surface area contributed by atoms with Crippen molar-refractivity contribution in [2.45, 2.75) is 27.2 Å². The van der Waals surface area contributed by atoms with Crippen LogP contribution in [0.15, 0.2) is 24.3 Å². The Morgan fingerprint density at radius 1 is 1.13 bits per heavy atom. The van der Waals surface area contributed by atoms with Crippen LogP contribution in [0.1, 0.15) is 35.1 Å². The normalized spacial score (nSPS) is 10.4. The highest BCUT2D eigenvalue weighted by atomic mass is 16.5. The minimum absolute atomic E-state index is 0.292. The van der Waals surface area contributed by atoms with E-state index in [1.165, 1.54) is 0 Å². The van der Waals surface area contributed by atoms with E-state index in [2.05, 4.69) is 5.10 Å². The van der Waals surface area contributed by atoms with E-state index in [-0.39, 0.29) is 0 Å². The lowest BCUT2D eigenvalue weighted by Gasteiger charge is -2.06.